The van der Waals surface area contributed by atoms with Gasteiger partial charge in [0.2, 0.25) is 0 Å². The number of benzene rings is 7. The number of nitrogens with zero attached hydrogens (tertiary/aromatic N) is 2. The van der Waals surface area contributed by atoms with Crippen LogP contribution in [0.4, 0.5) is 28.4 Å². The van der Waals surface area contributed by atoms with Gasteiger partial charge in [-0.05, 0) is 139 Å². The van der Waals surface area contributed by atoms with Crippen LogP contribution in [0.3, 0.4) is 0 Å². The predicted octanol–water partition coefficient (Wildman–Crippen LogP) is 15.0. The van der Waals surface area contributed by atoms with E-state index in [2.05, 4.69) is 201 Å². The average Bonchev–Trinajstić information content (AvgIpc) is 3.78. The molecule has 7 aromatic carbocycles. The van der Waals surface area contributed by atoms with Crippen molar-refractivity contribution in [2.24, 2.45) is 5.92 Å². The summed E-state index contributed by atoms with van der Waals surface area (Å²) in [4.78, 5) is 4.78. The number of anilines is 5. The number of rotatable bonds is 6. The molecular formula is C54H42N2O2. The van der Waals surface area contributed by atoms with Gasteiger partial charge in [0.05, 0.1) is 0 Å². The molecule has 0 amide bonds. The fourth-order valence-electron chi connectivity index (χ4n) is 9.29. The van der Waals surface area contributed by atoms with Crippen molar-refractivity contribution in [2.75, 3.05) is 9.80 Å². The molecule has 0 saturated carbocycles. The minimum absolute atomic E-state index is 0.192. The van der Waals surface area contributed by atoms with E-state index in [1.54, 1.807) is 0 Å². The van der Waals surface area contributed by atoms with Crippen molar-refractivity contribution >= 4 is 78.2 Å². The maximum absolute atomic E-state index is 6.74. The lowest BCUT2D eigenvalue weighted by atomic mass is 9.82. The lowest BCUT2D eigenvalue weighted by Crippen LogP contribution is -2.22. The van der Waals surface area contributed by atoms with E-state index in [-0.39, 0.29) is 5.92 Å². The fourth-order valence-corrected chi connectivity index (χ4v) is 9.29. The first-order chi connectivity index (χ1) is 28.4. The standard InChI is InChI=1S/C54H42N2O2/c1-33-13-5-9-17-45(33)55(46-18-10-6-14-34(46)2)41-23-21-37-29-43-51(31-39(37)27-41)57-49-25-26-50-54(53(43)49)44-30-38-22-24-42(28-40(38)32-52(44)58-50)56(47-19-11-7-15-35(47)3)48-20-12-8-16-36(48)4/h5-31,40H,32H2,1-4H3. The van der Waals surface area contributed by atoms with Gasteiger partial charge >= 0.3 is 0 Å². The van der Waals surface area contributed by atoms with Gasteiger partial charge in [0.25, 0.3) is 0 Å². The molecule has 2 heterocycles. The van der Waals surface area contributed by atoms with Gasteiger partial charge in [0.15, 0.2) is 0 Å². The molecule has 58 heavy (non-hydrogen) atoms. The molecule has 0 bridgehead atoms. The largest absolute Gasteiger partial charge is 0.460 e. The molecule has 0 N–H and O–H groups in total. The first kappa shape index (κ1) is 34.2. The molecule has 11 rings (SSSR count). The van der Waals surface area contributed by atoms with Crippen LogP contribution in [-0.2, 0) is 6.42 Å². The van der Waals surface area contributed by atoms with Crippen LogP contribution in [0.15, 0.2) is 178 Å². The Hall–Kier alpha value is -7.04. The summed E-state index contributed by atoms with van der Waals surface area (Å²) in [6.07, 6.45) is 10.1. The van der Waals surface area contributed by atoms with Crippen LogP contribution in [0, 0.1) is 33.6 Å². The van der Waals surface area contributed by atoms with Crippen molar-refractivity contribution in [3.63, 3.8) is 0 Å². The molecule has 0 saturated heterocycles. The molecule has 2 aromatic heterocycles. The van der Waals surface area contributed by atoms with Crippen molar-refractivity contribution in [2.45, 2.75) is 34.1 Å². The van der Waals surface area contributed by atoms with Crippen molar-refractivity contribution in [1.82, 2.24) is 0 Å². The van der Waals surface area contributed by atoms with Crippen LogP contribution >= 0.6 is 0 Å². The lowest BCUT2D eigenvalue weighted by molar-refractivity contribution is 0.520. The maximum atomic E-state index is 6.74. The molecule has 1 unspecified atom stereocenters. The van der Waals surface area contributed by atoms with Crippen molar-refractivity contribution in [3.05, 3.63) is 203 Å². The second-order valence-corrected chi connectivity index (χ2v) is 15.9. The van der Waals surface area contributed by atoms with Gasteiger partial charge in [-0.25, -0.2) is 0 Å². The van der Waals surface area contributed by atoms with E-state index in [9.17, 15) is 0 Å². The van der Waals surface area contributed by atoms with Crippen molar-refractivity contribution in [3.8, 4) is 0 Å². The number of para-hydroxylation sites is 4. The molecule has 4 heteroatoms. The maximum Gasteiger partial charge on any atom is 0.136 e. The SMILES string of the molecule is Cc1ccccc1N(C1=CC2Cc3oc4ccc5oc6cc7cc(N(c8ccccc8C)c8ccccc8C)ccc7cc6c5c4c3C=C2C=C1)c1ccccc1C. The highest BCUT2D eigenvalue weighted by Crippen LogP contribution is 2.47. The van der Waals surface area contributed by atoms with Crippen LogP contribution in [0.5, 0.6) is 0 Å². The van der Waals surface area contributed by atoms with Gasteiger partial charge in [0, 0.05) is 68.2 Å². The number of hydrogen-bond acceptors (Lipinski definition) is 4. The second-order valence-electron chi connectivity index (χ2n) is 15.9. The molecular weight excluding hydrogens is 709 g/mol. The first-order valence-corrected chi connectivity index (χ1v) is 20.2. The smallest absolute Gasteiger partial charge is 0.136 e. The summed E-state index contributed by atoms with van der Waals surface area (Å²) in [5.74, 6) is 1.21. The van der Waals surface area contributed by atoms with Gasteiger partial charge in [-0.15, -0.1) is 0 Å². The fraction of sp³-hybridized carbons (Fsp3) is 0.111. The number of fused-ring (bicyclic) bond motifs is 9. The Balaban J connectivity index is 1.01. The third-order valence-corrected chi connectivity index (χ3v) is 12.2. The van der Waals surface area contributed by atoms with Gasteiger partial charge in [-0.2, -0.15) is 0 Å². The monoisotopic (exact) mass is 750 g/mol. The molecule has 2 aliphatic rings. The van der Waals surface area contributed by atoms with Crippen LogP contribution < -0.4 is 9.80 Å². The molecule has 2 aliphatic carbocycles. The van der Waals surface area contributed by atoms with E-state index in [1.807, 2.05) is 0 Å². The predicted molar refractivity (Wildman–Crippen MR) is 242 cm³/mol. The Morgan fingerprint density at radius 2 is 1.07 bits per heavy atom. The molecule has 9 aromatic rings. The third-order valence-electron chi connectivity index (χ3n) is 12.2. The molecule has 0 fully saturated rings. The second kappa shape index (κ2) is 13.3. The minimum Gasteiger partial charge on any atom is -0.460 e. The first-order valence-electron chi connectivity index (χ1n) is 20.2. The zero-order valence-corrected chi connectivity index (χ0v) is 33.1. The Morgan fingerprint density at radius 1 is 0.500 bits per heavy atom. The Labute approximate surface area is 338 Å². The van der Waals surface area contributed by atoms with Gasteiger partial charge in [-0.1, -0.05) is 91.0 Å². The zero-order chi connectivity index (χ0) is 39.1. The highest BCUT2D eigenvalue weighted by Gasteiger charge is 2.30. The minimum atomic E-state index is 0.192. The Bertz CT molecular complexity index is 3130. The summed E-state index contributed by atoms with van der Waals surface area (Å²) in [7, 11) is 0. The van der Waals surface area contributed by atoms with E-state index < -0.39 is 0 Å². The Kier molecular flexibility index (Phi) is 7.84. The third kappa shape index (κ3) is 5.43. The molecule has 0 radical (unpaired) electrons. The zero-order valence-electron chi connectivity index (χ0n) is 33.1. The number of hydrogen-bond donors (Lipinski definition) is 0. The van der Waals surface area contributed by atoms with E-state index in [1.165, 1.54) is 61.7 Å². The summed E-state index contributed by atoms with van der Waals surface area (Å²) in [5.41, 5.74) is 17.0. The summed E-state index contributed by atoms with van der Waals surface area (Å²) in [6.45, 7) is 8.73. The van der Waals surface area contributed by atoms with Crippen LogP contribution in [0.25, 0.3) is 49.8 Å². The summed E-state index contributed by atoms with van der Waals surface area (Å²) >= 11 is 0. The molecule has 0 spiro atoms. The molecule has 0 aliphatic heterocycles. The van der Waals surface area contributed by atoms with Crippen molar-refractivity contribution in [1.29, 1.82) is 0 Å². The average molecular weight is 751 g/mol. The van der Waals surface area contributed by atoms with E-state index in [4.69, 9.17) is 8.83 Å². The molecule has 4 nitrogen and oxygen atoms in total. The summed E-state index contributed by atoms with van der Waals surface area (Å²) in [5, 5.41) is 5.64. The highest BCUT2D eigenvalue weighted by molar-refractivity contribution is 6.22. The topological polar surface area (TPSA) is 32.8 Å². The highest BCUT2D eigenvalue weighted by atomic mass is 16.3. The van der Waals surface area contributed by atoms with Gasteiger partial charge in [0.1, 0.15) is 22.5 Å². The van der Waals surface area contributed by atoms with Crippen molar-refractivity contribution < 1.29 is 8.83 Å². The van der Waals surface area contributed by atoms with Crippen LogP contribution in [0.1, 0.15) is 33.6 Å². The van der Waals surface area contributed by atoms with E-state index in [0.29, 0.717) is 0 Å². The van der Waals surface area contributed by atoms with E-state index in [0.717, 1.165) is 61.7 Å². The van der Waals surface area contributed by atoms with Gasteiger partial charge in [-0.3, -0.25) is 0 Å². The molecule has 280 valence electrons. The number of aryl methyl sites for hydroxylation is 4. The number of furan rings is 2. The summed E-state index contributed by atoms with van der Waals surface area (Å²) < 4.78 is 13.4. The lowest BCUT2D eigenvalue weighted by Gasteiger charge is -2.32. The van der Waals surface area contributed by atoms with Crippen LogP contribution in [-0.4, -0.2) is 0 Å². The molecule has 1 atom stereocenters. The summed E-state index contributed by atoms with van der Waals surface area (Å²) in [6, 6.07) is 49.9. The normalized spacial score (nSPS) is 14.8. The Morgan fingerprint density at radius 3 is 1.67 bits per heavy atom. The van der Waals surface area contributed by atoms with Gasteiger partial charge < -0.3 is 18.6 Å². The van der Waals surface area contributed by atoms with Crippen LogP contribution in [0.2, 0.25) is 0 Å². The quantitative estimate of drug-likeness (QED) is 0.169. The van der Waals surface area contributed by atoms with E-state index >= 15 is 0 Å². The number of allylic oxidation sites excluding steroid dienone is 4.